The number of nitriles is 1. The summed E-state index contributed by atoms with van der Waals surface area (Å²) in [6.07, 6.45) is 0. The average molecular weight is 237 g/mol. The summed E-state index contributed by atoms with van der Waals surface area (Å²) in [4.78, 5) is 11.3. The van der Waals surface area contributed by atoms with E-state index in [2.05, 4.69) is 0 Å². The Morgan fingerprint density at radius 1 is 1.38 bits per heavy atom. The molecule has 3 nitrogen and oxygen atoms in total. The summed E-state index contributed by atoms with van der Waals surface area (Å²) >= 11 is 16.9. The van der Waals surface area contributed by atoms with Crippen LogP contribution in [-0.4, -0.2) is 4.57 Å². The van der Waals surface area contributed by atoms with Gasteiger partial charge in [0.2, 0.25) is 0 Å². The minimum absolute atomic E-state index is 0.0256. The second-order valence-corrected chi connectivity index (χ2v) is 3.35. The highest BCUT2D eigenvalue weighted by Crippen LogP contribution is 2.22. The van der Waals surface area contributed by atoms with Crippen LogP contribution in [0.3, 0.4) is 0 Å². The van der Waals surface area contributed by atoms with Crippen LogP contribution < -0.4 is 5.56 Å². The first-order chi connectivity index (χ1) is 6.07. The van der Waals surface area contributed by atoms with Crippen LogP contribution in [0.25, 0.3) is 0 Å². The van der Waals surface area contributed by atoms with Gasteiger partial charge in [-0.15, -0.1) is 0 Å². The maximum absolute atomic E-state index is 11.3. The molecular weight excluding hydrogens is 234 g/mol. The fraction of sp³-hybridized carbons (Fsp3) is 0.143. The van der Waals surface area contributed by atoms with Gasteiger partial charge in [-0.3, -0.25) is 9.36 Å². The van der Waals surface area contributed by atoms with Crippen LogP contribution in [0.15, 0.2) is 10.9 Å². The summed E-state index contributed by atoms with van der Waals surface area (Å²) in [6.45, 7) is -0.169. The quantitative estimate of drug-likeness (QED) is 0.704. The molecule has 1 aromatic heterocycles. The molecule has 13 heavy (non-hydrogen) atoms. The van der Waals surface area contributed by atoms with E-state index >= 15 is 0 Å². The SMILES string of the molecule is N#CCn1c(Cl)c(Cl)cc(Cl)c1=O. The molecule has 0 aromatic carbocycles. The molecule has 0 spiro atoms. The van der Waals surface area contributed by atoms with Crippen molar-refractivity contribution < 1.29 is 0 Å². The Hall–Kier alpha value is -0.690. The molecule has 0 N–H and O–H groups in total. The van der Waals surface area contributed by atoms with Gasteiger partial charge in [0.05, 0.1) is 11.1 Å². The fourth-order valence-electron chi connectivity index (χ4n) is 0.791. The molecule has 0 bridgehead atoms. The smallest absolute Gasteiger partial charge is 0.271 e. The zero-order valence-corrected chi connectivity index (χ0v) is 8.49. The maximum atomic E-state index is 11.3. The summed E-state index contributed by atoms with van der Waals surface area (Å²) in [5.41, 5.74) is -0.516. The molecule has 1 aromatic rings. The van der Waals surface area contributed by atoms with Crippen LogP contribution in [0.1, 0.15) is 0 Å². The van der Waals surface area contributed by atoms with Crippen molar-refractivity contribution in [2.45, 2.75) is 6.54 Å². The maximum Gasteiger partial charge on any atom is 0.271 e. The van der Waals surface area contributed by atoms with Crippen LogP contribution in [-0.2, 0) is 6.54 Å². The van der Waals surface area contributed by atoms with E-state index in [0.29, 0.717) is 0 Å². The molecule has 0 amide bonds. The first-order valence-corrected chi connectivity index (χ1v) is 4.32. The molecule has 0 unspecified atom stereocenters. The Balaban J connectivity index is 3.48. The molecule has 0 atom stereocenters. The van der Waals surface area contributed by atoms with Crippen LogP contribution in [0.4, 0.5) is 0 Å². The molecule has 6 heteroatoms. The van der Waals surface area contributed by atoms with E-state index in [9.17, 15) is 4.79 Å². The van der Waals surface area contributed by atoms with Gasteiger partial charge in [-0.1, -0.05) is 34.8 Å². The van der Waals surface area contributed by atoms with E-state index in [4.69, 9.17) is 40.1 Å². The third kappa shape index (κ3) is 1.97. The summed E-state index contributed by atoms with van der Waals surface area (Å²) in [5, 5.41) is 8.52. The second kappa shape index (κ2) is 4.01. The standard InChI is InChI=1S/C7H3Cl3N2O/c8-4-3-5(9)7(13)12(2-1-11)6(4)10/h3H,2H2. The molecule has 0 fully saturated rings. The van der Waals surface area contributed by atoms with E-state index < -0.39 is 5.56 Å². The van der Waals surface area contributed by atoms with Crippen molar-refractivity contribution in [2.24, 2.45) is 0 Å². The molecule has 68 valence electrons. The van der Waals surface area contributed by atoms with Crippen molar-refractivity contribution >= 4 is 34.8 Å². The summed E-state index contributed by atoms with van der Waals surface area (Å²) in [5.74, 6) is 0. The van der Waals surface area contributed by atoms with Gasteiger partial charge in [0.1, 0.15) is 16.7 Å². The predicted octanol–water partition coefficient (Wildman–Crippen LogP) is 2.33. The average Bonchev–Trinajstić information content (AvgIpc) is 2.09. The van der Waals surface area contributed by atoms with Gasteiger partial charge in [0, 0.05) is 0 Å². The number of rotatable bonds is 1. The third-order valence-corrected chi connectivity index (χ3v) is 2.43. The molecule has 1 rings (SSSR count). The fourth-order valence-corrected chi connectivity index (χ4v) is 1.46. The highest BCUT2D eigenvalue weighted by Gasteiger charge is 2.09. The highest BCUT2D eigenvalue weighted by molar-refractivity contribution is 6.42. The third-order valence-electron chi connectivity index (χ3n) is 1.37. The Kier molecular flexibility index (Phi) is 3.21. The molecule has 0 saturated heterocycles. The highest BCUT2D eigenvalue weighted by atomic mass is 35.5. The number of aromatic nitrogens is 1. The molecule has 0 saturated carbocycles. The van der Waals surface area contributed by atoms with E-state index in [1.54, 1.807) is 6.07 Å². The minimum atomic E-state index is -0.516. The van der Waals surface area contributed by atoms with Crippen LogP contribution in [0, 0.1) is 11.3 Å². The molecular formula is C7H3Cl3N2O. The largest absolute Gasteiger partial charge is 0.283 e. The summed E-state index contributed by atoms with van der Waals surface area (Å²) in [7, 11) is 0. The Morgan fingerprint density at radius 2 is 2.00 bits per heavy atom. The van der Waals surface area contributed by atoms with Crippen molar-refractivity contribution in [3.8, 4) is 6.07 Å². The van der Waals surface area contributed by atoms with Gasteiger partial charge in [-0.05, 0) is 6.07 Å². The van der Waals surface area contributed by atoms with Crippen LogP contribution in [0.5, 0.6) is 0 Å². The van der Waals surface area contributed by atoms with Crippen molar-refractivity contribution in [3.63, 3.8) is 0 Å². The monoisotopic (exact) mass is 236 g/mol. The number of halogens is 3. The van der Waals surface area contributed by atoms with E-state index in [0.717, 1.165) is 4.57 Å². The lowest BCUT2D eigenvalue weighted by Crippen LogP contribution is -2.20. The zero-order valence-electron chi connectivity index (χ0n) is 6.22. The lowest BCUT2D eigenvalue weighted by molar-refractivity contribution is 0.790. The van der Waals surface area contributed by atoms with E-state index in [-0.39, 0.29) is 21.7 Å². The number of pyridine rings is 1. The van der Waals surface area contributed by atoms with Crippen LogP contribution in [0.2, 0.25) is 15.2 Å². The van der Waals surface area contributed by atoms with Crippen LogP contribution >= 0.6 is 34.8 Å². The molecule has 0 aliphatic carbocycles. The molecule has 1 heterocycles. The van der Waals surface area contributed by atoms with Gasteiger partial charge in [-0.2, -0.15) is 5.26 Å². The van der Waals surface area contributed by atoms with E-state index in [1.165, 1.54) is 6.07 Å². The zero-order chi connectivity index (χ0) is 10.0. The van der Waals surface area contributed by atoms with Gasteiger partial charge in [0.15, 0.2) is 0 Å². The van der Waals surface area contributed by atoms with Gasteiger partial charge >= 0.3 is 0 Å². The predicted molar refractivity (Wildman–Crippen MR) is 51.3 cm³/mol. The van der Waals surface area contributed by atoms with E-state index in [1.807, 2.05) is 0 Å². The van der Waals surface area contributed by atoms with Crippen molar-refractivity contribution in [2.75, 3.05) is 0 Å². The van der Waals surface area contributed by atoms with Crippen molar-refractivity contribution in [1.82, 2.24) is 4.57 Å². The van der Waals surface area contributed by atoms with Gasteiger partial charge in [-0.25, -0.2) is 0 Å². The van der Waals surface area contributed by atoms with Crippen molar-refractivity contribution in [3.05, 3.63) is 31.6 Å². The number of hydrogen-bond donors (Lipinski definition) is 0. The second-order valence-electron chi connectivity index (χ2n) is 2.18. The first kappa shape index (κ1) is 10.4. The molecule has 0 radical (unpaired) electrons. The molecule has 0 aliphatic heterocycles. The summed E-state index contributed by atoms with van der Waals surface area (Å²) in [6, 6.07) is 3.03. The minimum Gasteiger partial charge on any atom is -0.283 e. The first-order valence-electron chi connectivity index (χ1n) is 3.19. The topological polar surface area (TPSA) is 45.8 Å². The Labute approximate surface area is 89.1 Å². The Morgan fingerprint density at radius 3 is 2.54 bits per heavy atom. The van der Waals surface area contributed by atoms with Crippen molar-refractivity contribution in [1.29, 1.82) is 5.26 Å². The lowest BCUT2D eigenvalue weighted by Gasteiger charge is -2.05. The normalized spacial score (nSPS) is 9.69. The number of nitrogens with zero attached hydrogens (tertiary/aromatic N) is 2. The van der Waals surface area contributed by atoms with Gasteiger partial charge in [0.25, 0.3) is 5.56 Å². The molecule has 0 aliphatic rings. The Bertz CT molecular complexity index is 433. The summed E-state index contributed by atoms with van der Waals surface area (Å²) < 4.78 is 1.01. The van der Waals surface area contributed by atoms with Gasteiger partial charge < -0.3 is 0 Å². The number of hydrogen-bond acceptors (Lipinski definition) is 2. The lowest BCUT2D eigenvalue weighted by atomic mass is 10.4.